The van der Waals surface area contributed by atoms with E-state index in [2.05, 4.69) is 31.3 Å². The van der Waals surface area contributed by atoms with Gasteiger partial charge in [0.25, 0.3) is 0 Å². The number of carbonyl (C=O) groups excluding carboxylic acids is 2. The van der Waals surface area contributed by atoms with Crippen LogP contribution in [-0.2, 0) is 21.9 Å². The molecule has 2 aromatic carbocycles. The van der Waals surface area contributed by atoms with Crippen molar-refractivity contribution in [1.82, 2.24) is 10.2 Å². The van der Waals surface area contributed by atoms with Gasteiger partial charge in [0, 0.05) is 18.8 Å². The molecule has 2 amide bonds. The molecule has 0 fully saturated rings. The number of nitrogens with one attached hydrogen (secondary N) is 1. The van der Waals surface area contributed by atoms with Crippen molar-refractivity contribution in [1.29, 1.82) is 0 Å². The summed E-state index contributed by atoms with van der Waals surface area (Å²) in [4.78, 5) is 27.9. The molecule has 0 saturated heterocycles. The van der Waals surface area contributed by atoms with E-state index < -0.39 is 6.04 Å². The zero-order chi connectivity index (χ0) is 22.6. The van der Waals surface area contributed by atoms with Crippen LogP contribution >= 0.6 is 11.8 Å². The summed E-state index contributed by atoms with van der Waals surface area (Å²) in [5.41, 5.74) is 4.71. The van der Waals surface area contributed by atoms with Crippen LogP contribution in [0.3, 0.4) is 0 Å². The molecule has 2 rings (SSSR count). The number of unbranched alkanes of at least 4 members (excludes halogenated alkanes) is 1. The molecule has 1 N–H and O–H groups in total. The molecule has 0 aromatic heterocycles. The number of rotatable bonds is 12. The zero-order valence-electron chi connectivity index (χ0n) is 19.3. The number of hydrogen-bond donors (Lipinski definition) is 1. The first-order chi connectivity index (χ1) is 15.0. The quantitative estimate of drug-likeness (QED) is 0.458. The maximum atomic E-state index is 13.2. The van der Waals surface area contributed by atoms with Crippen molar-refractivity contribution in [2.24, 2.45) is 0 Å². The fourth-order valence-electron chi connectivity index (χ4n) is 3.42. The first kappa shape index (κ1) is 25.0. The van der Waals surface area contributed by atoms with E-state index in [4.69, 9.17) is 0 Å². The number of carbonyl (C=O) groups is 2. The Kier molecular flexibility index (Phi) is 10.6. The molecule has 0 saturated carbocycles. The molecular weight excluding hydrogens is 404 g/mol. The van der Waals surface area contributed by atoms with Crippen LogP contribution in [0.4, 0.5) is 0 Å². The van der Waals surface area contributed by atoms with Crippen molar-refractivity contribution in [2.45, 2.75) is 65.3 Å². The Hall–Kier alpha value is -2.27. The van der Waals surface area contributed by atoms with Crippen LogP contribution in [0.5, 0.6) is 0 Å². The lowest BCUT2D eigenvalue weighted by atomic mass is 10.1. The van der Waals surface area contributed by atoms with Gasteiger partial charge in [0.2, 0.25) is 11.8 Å². The number of nitrogens with zero attached hydrogens (tertiary/aromatic N) is 1. The topological polar surface area (TPSA) is 49.4 Å². The highest BCUT2D eigenvalue weighted by Crippen LogP contribution is 2.19. The zero-order valence-corrected chi connectivity index (χ0v) is 20.1. The lowest BCUT2D eigenvalue weighted by molar-refractivity contribution is -0.139. The molecule has 0 aliphatic carbocycles. The average molecular weight is 441 g/mol. The first-order valence-electron chi connectivity index (χ1n) is 11.2. The summed E-state index contributed by atoms with van der Waals surface area (Å²) >= 11 is 1.61. The summed E-state index contributed by atoms with van der Waals surface area (Å²) in [6.45, 7) is 9.31. The van der Waals surface area contributed by atoms with Crippen molar-refractivity contribution in [3.05, 3.63) is 70.8 Å². The summed E-state index contributed by atoms with van der Waals surface area (Å²) in [6, 6.07) is 16.0. The minimum absolute atomic E-state index is 0.0108. The Morgan fingerprint density at radius 3 is 2.39 bits per heavy atom. The van der Waals surface area contributed by atoms with Gasteiger partial charge < -0.3 is 10.2 Å². The van der Waals surface area contributed by atoms with Gasteiger partial charge in [0.1, 0.15) is 6.04 Å². The predicted molar refractivity (Wildman–Crippen MR) is 131 cm³/mol. The fraction of sp³-hybridized carbons (Fsp3) is 0.462. The Morgan fingerprint density at radius 1 is 1.03 bits per heavy atom. The molecule has 5 heteroatoms. The molecule has 168 valence electrons. The molecule has 0 radical (unpaired) electrons. The third-order valence-corrected chi connectivity index (χ3v) is 6.40. The molecule has 0 aliphatic rings. The number of hydrogen-bond acceptors (Lipinski definition) is 3. The second-order valence-corrected chi connectivity index (χ2v) is 8.98. The van der Waals surface area contributed by atoms with E-state index in [9.17, 15) is 9.59 Å². The number of benzene rings is 2. The summed E-state index contributed by atoms with van der Waals surface area (Å²) in [6.07, 6.45) is 2.57. The highest BCUT2D eigenvalue weighted by Gasteiger charge is 2.28. The Bertz CT molecular complexity index is 836. The third kappa shape index (κ3) is 8.06. The summed E-state index contributed by atoms with van der Waals surface area (Å²) in [5.74, 6) is 1.10. The molecule has 0 bridgehead atoms. The van der Waals surface area contributed by atoms with Crippen LogP contribution in [0, 0.1) is 13.8 Å². The van der Waals surface area contributed by atoms with Gasteiger partial charge >= 0.3 is 0 Å². The van der Waals surface area contributed by atoms with Gasteiger partial charge in [0.05, 0.1) is 5.75 Å². The van der Waals surface area contributed by atoms with Crippen molar-refractivity contribution in [2.75, 3.05) is 12.3 Å². The lowest BCUT2D eigenvalue weighted by Gasteiger charge is -2.30. The van der Waals surface area contributed by atoms with Crippen molar-refractivity contribution in [3.8, 4) is 0 Å². The van der Waals surface area contributed by atoms with Gasteiger partial charge in [-0.2, -0.15) is 0 Å². The number of thioether (sulfide) groups is 1. The van der Waals surface area contributed by atoms with E-state index in [1.165, 1.54) is 16.7 Å². The van der Waals surface area contributed by atoms with Crippen LogP contribution in [0.25, 0.3) is 0 Å². The smallest absolute Gasteiger partial charge is 0.242 e. The highest BCUT2D eigenvalue weighted by molar-refractivity contribution is 7.99. The van der Waals surface area contributed by atoms with Gasteiger partial charge in [-0.15, -0.1) is 11.8 Å². The summed E-state index contributed by atoms with van der Waals surface area (Å²) in [7, 11) is 0. The van der Waals surface area contributed by atoms with E-state index in [0.29, 0.717) is 25.3 Å². The standard InChI is InChI=1S/C26H36N2O2S/c1-5-7-16-27-26(30)24(6-2)28(17-22-14-12-20(3)13-15-22)25(29)19-31-18-23-11-9-8-10-21(23)4/h8-15,24H,5-7,16-19H2,1-4H3,(H,27,30)/t24-/m1/s1. The van der Waals surface area contributed by atoms with E-state index in [1.807, 2.05) is 50.2 Å². The van der Waals surface area contributed by atoms with Crippen molar-refractivity contribution in [3.63, 3.8) is 0 Å². The van der Waals surface area contributed by atoms with Gasteiger partial charge in [-0.05, 0) is 43.4 Å². The van der Waals surface area contributed by atoms with Gasteiger partial charge in [-0.25, -0.2) is 0 Å². The molecule has 0 aliphatic heterocycles. The van der Waals surface area contributed by atoms with Crippen LogP contribution in [0.15, 0.2) is 48.5 Å². The van der Waals surface area contributed by atoms with Crippen molar-refractivity contribution >= 4 is 23.6 Å². The summed E-state index contributed by atoms with van der Waals surface area (Å²) in [5, 5.41) is 3.01. The molecule has 1 atom stereocenters. The van der Waals surface area contributed by atoms with E-state index in [-0.39, 0.29) is 11.8 Å². The average Bonchev–Trinajstić information content (AvgIpc) is 2.76. The SMILES string of the molecule is CCCCNC(=O)[C@@H](CC)N(Cc1ccc(C)cc1)C(=O)CSCc1ccccc1C. The van der Waals surface area contributed by atoms with Gasteiger partial charge in [-0.3, -0.25) is 9.59 Å². The first-order valence-corrected chi connectivity index (χ1v) is 12.4. The van der Waals surface area contributed by atoms with Crippen LogP contribution in [-0.4, -0.2) is 35.1 Å². The Morgan fingerprint density at radius 2 is 1.74 bits per heavy atom. The van der Waals surface area contributed by atoms with E-state index in [1.54, 1.807) is 16.7 Å². The molecule has 0 unspecified atom stereocenters. The van der Waals surface area contributed by atoms with Gasteiger partial charge in [-0.1, -0.05) is 74.4 Å². The summed E-state index contributed by atoms with van der Waals surface area (Å²) < 4.78 is 0. The largest absolute Gasteiger partial charge is 0.354 e. The third-order valence-electron chi connectivity index (χ3n) is 5.43. The van der Waals surface area contributed by atoms with Gasteiger partial charge in [0.15, 0.2) is 0 Å². The molecule has 31 heavy (non-hydrogen) atoms. The maximum absolute atomic E-state index is 13.2. The molecular formula is C26H36N2O2S. The van der Waals surface area contributed by atoms with Crippen LogP contribution in [0.1, 0.15) is 55.4 Å². The Labute approximate surface area is 191 Å². The molecule has 0 heterocycles. The lowest BCUT2D eigenvalue weighted by Crippen LogP contribution is -2.49. The Balaban J connectivity index is 2.10. The van der Waals surface area contributed by atoms with E-state index >= 15 is 0 Å². The molecule has 2 aromatic rings. The predicted octanol–water partition coefficient (Wildman–Crippen LogP) is 5.26. The van der Waals surface area contributed by atoms with Crippen LogP contribution in [0.2, 0.25) is 0 Å². The molecule has 0 spiro atoms. The number of aryl methyl sites for hydroxylation is 2. The molecule has 4 nitrogen and oxygen atoms in total. The highest BCUT2D eigenvalue weighted by atomic mass is 32.2. The maximum Gasteiger partial charge on any atom is 0.242 e. The normalized spacial score (nSPS) is 11.7. The minimum Gasteiger partial charge on any atom is -0.354 e. The minimum atomic E-state index is -0.454. The van der Waals surface area contributed by atoms with Crippen molar-refractivity contribution < 1.29 is 9.59 Å². The monoisotopic (exact) mass is 440 g/mol. The second kappa shape index (κ2) is 13.2. The number of amides is 2. The second-order valence-electron chi connectivity index (χ2n) is 8.00. The fourth-order valence-corrected chi connectivity index (χ4v) is 4.41. The van der Waals surface area contributed by atoms with Crippen LogP contribution < -0.4 is 5.32 Å². The van der Waals surface area contributed by atoms with E-state index in [0.717, 1.165) is 24.2 Å².